The average molecular weight is 278 g/mol. The lowest BCUT2D eigenvalue weighted by molar-refractivity contribution is 0.525. The summed E-state index contributed by atoms with van der Waals surface area (Å²) in [5, 5.41) is 0. The highest BCUT2D eigenvalue weighted by molar-refractivity contribution is 5.80. The van der Waals surface area contributed by atoms with E-state index in [4.69, 9.17) is 4.98 Å². The number of hydrogen-bond acceptors (Lipinski definition) is 1. The molecule has 0 unspecified atom stereocenters. The van der Waals surface area contributed by atoms with E-state index in [1.807, 2.05) is 0 Å². The SMILES string of the molecule is Cc1cccc(-c2nc3ccccc3n2CCC(C)C)c1. The van der Waals surface area contributed by atoms with Crippen LogP contribution in [0.2, 0.25) is 0 Å². The Morgan fingerprint density at radius 1 is 1.05 bits per heavy atom. The van der Waals surface area contributed by atoms with Crippen LogP contribution in [0.1, 0.15) is 25.8 Å². The number of fused-ring (bicyclic) bond motifs is 1. The van der Waals surface area contributed by atoms with Crippen LogP contribution in [-0.2, 0) is 6.54 Å². The zero-order chi connectivity index (χ0) is 14.8. The highest BCUT2D eigenvalue weighted by Gasteiger charge is 2.12. The first-order valence-corrected chi connectivity index (χ1v) is 7.67. The molecule has 0 N–H and O–H groups in total. The van der Waals surface area contributed by atoms with Crippen LogP contribution in [0.4, 0.5) is 0 Å². The highest BCUT2D eigenvalue weighted by atomic mass is 15.1. The molecule has 0 atom stereocenters. The quantitative estimate of drug-likeness (QED) is 0.652. The number of aromatic nitrogens is 2. The molecule has 1 heterocycles. The third-order valence-corrected chi connectivity index (χ3v) is 3.86. The molecular formula is C19H22N2. The molecule has 0 bridgehead atoms. The first kappa shape index (κ1) is 13.9. The van der Waals surface area contributed by atoms with E-state index in [0.717, 1.165) is 17.9 Å². The molecular weight excluding hydrogens is 256 g/mol. The van der Waals surface area contributed by atoms with Crippen molar-refractivity contribution in [3.63, 3.8) is 0 Å². The predicted molar refractivity (Wildman–Crippen MR) is 89.4 cm³/mol. The molecule has 2 aromatic carbocycles. The molecule has 2 heteroatoms. The molecule has 3 aromatic rings. The van der Waals surface area contributed by atoms with Gasteiger partial charge in [0, 0.05) is 12.1 Å². The van der Waals surface area contributed by atoms with Gasteiger partial charge >= 0.3 is 0 Å². The van der Waals surface area contributed by atoms with Gasteiger partial charge in [-0.05, 0) is 37.5 Å². The summed E-state index contributed by atoms with van der Waals surface area (Å²) in [6.07, 6.45) is 1.17. The van der Waals surface area contributed by atoms with Crippen LogP contribution in [-0.4, -0.2) is 9.55 Å². The van der Waals surface area contributed by atoms with Crippen molar-refractivity contribution in [2.75, 3.05) is 0 Å². The lowest BCUT2D eigenvalue weighted by Crippen LogP contribution is -2.03. The van der Waals surface area contributed by atoms with E-state index < -0.39 is 0 Å². The Balaban J connectivity index is 2.14. The van der Waals surface area contributed by atoms with Gasteiger partial charge in [0.2, 0.25) is 0 Å². The summed E-state index contributed by atoms with van der Waals surface area (Å²) in [6, 6.07) is 17.0. The second-order valence-corrected chi connectivity index (χ2v) is 6.13. The molecule has 0 saturated carbocycles. The van der Waals surface area contributed by atoms with E-state index in [2.05, 4.69) is 73.9 Å². The molecule has 0 aliphatic carbocycles. The molecule has 0 saturated heterocycles. The van der Waals surface area contributed by atoms with E-state index in [1.165, 1.54) is 23.1 Å². The zero-order valence-electron chi connectivity index (χ0n) is 13.0. The predicted octanol–water partition coefficient (Wildman–Crippen LogP) is 5.06. The Labute approximate surface area is 126 Å². The monoisotopic (exact) mass is 278 g/mol. The number of para-hydroxylation sites is 2. The number of aryl methyl sites for hydroxylation is 2. The fraction of sp³-hybridized carbons (Fsp3) is 0.316. The molecule has 0 fully saturated rings. The van der Waals surface area contributed by atoms with Crippen LogP contribution in [0.15, 0.2) is 48.5 Å². The molecule has 2 nitrogen and oxygen atoms in total. The third-order valence-electron chi connectivity index (χ3n) is 3.86. The molecule has 0 radical (unpaired) electrons. The summed E-state index contributed by atoms with van der Waals surface area (Å²) < 4.78 is 2.37. The minimum atomic E-state index is 0.691. The molecule has 1 aromatic heterocycles. The number of rotatable bonds is 4. The van der Waals surface area contributed by atoms with Gasteiger partial charge in [-0.15, -0.1) is 0 Å². The molecule has 3 rings (SSSR count). The summed E-state index contributed by atoms with van der Waals surface area (Å²) in [7, 11) is 0. The summed E-state index contributed by atoms with van der Waals surface area (Å²) in [6.45, 7) is 7.68. The van der Waals surface area contributed by atoms with Crippen molar-refractivity contribution in [2.45, 2.75) is 33.7 Å². The Morgan fingerprint density at radius 2 is 1.86 bits per heavy atom. The standard InChI is InChI=1S/C19H22N2/c1-14(2)11-12-21-18-10-5-4-9-17(18)20-19(21)16-8-6-7-15(3)13-16/h4-10,13-14H,11-12H2,1-3H3. The maximum absolute atomic E-state index is 4.86. The third kappa shape index (κ3) is 2.85. The van der Waals surface area contributed by atoms with E-state index >= 15 is 0 Å². The van der Waals surface area contributed by atoms with Crippen LogP contribution >= 0.6 is 0 Å². The molecule has 0 spiro atoms. The summed E-state index contributed by atoms with van der Waals surface area (Å²) in [5.74, 6) is 1.78. The van der Waals surface area contributed by atoms with E-state index in [0.29, 0.717) is 5.92 Å². The highest BCUT2D eigenvalue weighted by Crippen LogP contribution is 2.26. The van der Waals surface area contributed by atoms with E-state index in [1.54, 1.807) is 0 Å². The Morgan fingerprint density at radius 3 is 2.62 bits per heavy atom. The van der Waals surface area contributed by atoms with Crippen molar-refractivity contribution in [3.05, 3.63) is 54.1 Å². The number of nitrogens with zero attached hydrogens (tertiary/aromatic N) is 2. The van der Waals surface area contributed by atoms with Gasteiger partial charge in [0.15, 0.2) is 0 Å². The first-order valence-electron chi connectivity index (χ1n) is 7.67. The van der Waals surface area contributed by atoms with Crippen LogP contribution in [0.25, 0.3) is 22.4 Å². The normalized spacial score (nSPS) is 11.4. The van der Waals surface area contributed by atoms with Gasteiger partial charge in [0.05, 0.1) is 11.0 Å². The first-order chi connectivity index (χ1) is 10.1. The second kappa shape index (κ2) is 5.72. The van der Waals surface area contributed by atoms with Crippen LogP contribution in [0, 0.1) is 12.8 Å². The molecule has 0 aliphatic heterocycles. The minimum absolute atomic E-state index is 0.691. The van der Waals surface area contributed by atoms with Crippen LogP contribution in [0.5, 0.6) is 0 Å². The second-order valence-electron chi connectivity index (χ2n) is 6.13. The topological polar surface area (TPSA) is 17.8 Å². The molecule has 0 amide bonds. The zero-order valence-corrected chi connectivity index (χ0v) is 13.0. The lowest BCUT2D eigenvalue weighted by atomic mass is 10.1. The Hall–Kier alpha value is -2.09. The number of hydrogen-bond donors (Lipinski definition) is 0. The van der Waals surface area contributed by atoms with Crippen LogP contribution < -0.4 is 0 Å². The minimum Gasteiger partial charge on any atom is -0.324 e. The van der Waals surface area contributed by atoms with Gasteiger partial charge in [-0.3, -0.25) is 0 Å². The average Bonchev–Trinajstić information content (AvgIpc) is 2.84. The van der Waals surface area contributed by atoms with Crippen molar-refractivity contribution in [3.8, 4) is 11.4 Å². The van der Waals surface area contributed by atoms with Crippen molar-refractivity contribution >= 4 is 11.0 Å². The van der Waals surface area contributed by atoms with Gasteiger partial charge in [-0.1, -0.05) is 49.7 Å². The van der Waals surface area contributed by atoms with E-state index in [-0.39, 0.29) is 0 Å². The van der Waals surface area contributed by atoms with Crippen molar-refractivity contribution < 1.29 is 0 Å². The maximum atomic E-state index is 4.86. The number of benzene rings is 2. The number of imidazole rings is 1. The lowest BCUT2D eigenvalue weighted by Gasteiger charge is -2.11. The smallest absolute Gasteiger partial charge is 0.141 e. The molecule has 21 heavy (non-hydrogen) atoms. The van der Waals surface area contributed by atoms with Gasteiger partial charge in [0.25, 0.3) is 0 Å². The maximum Gasteiger partial charge on any atom is 0.141 e. The van der Waals surface area contributed by atoms with Crippen molar-refractivity contribution in [2.24, 2.45) is 5.92 Å². The van der Waals surface area contributed by atoms with Crippen molar-refractivity contribution in [1.29, 1.82) is 0 Å². The van der Waals surface area contributed by atoms with Gasteiger partial charge in [-0.25, -0.2) is 4.98 Å². The fourth-order valence-corrected chi connectivity index (χ4v) is 2.69. The summed E-state index contributed by atoms with van der Waals surface area (Å²) >= 11 is 0. The fourth-order valence-electron chi connectivity index (χ4n) is 2.69. The summed E-state index contributed by atoms with van der Waals surface area (Å²) in [5.41, 5.74) is 4.79. The van der Waals surface area contributed by atoms with Gasteiger partial charge in [0.1, 0.15) is 5.82 Å². The van der Waals surface area contributed by atoms with Crippen molar-refractivity contribution in [1.82, 2.24) is 9.55 Å². The Bertz CT molecular complexity index is 753. The molecule has 108 valence electrons. The van der Waals surface area contributed by atoms with Gasteiger partial charge < -0.3 is 4.57 Å². The Kier molecular flexibility index (Phi) is 3.78. The van der Waals surface area contributed by atoms with Crippen LogP contribution in [0.3, 0.4) is 0 Å². The largest absolute Gasteiger partial charge is 0.324 e. The van der Waals surface area contributed by atoms with E-state index in [9.17, 15) is 0 Å². The molecule has 0 aliphatic rings. The summed E-state index contributed by atoms with van der Waals surface area (Å²) in [4.78, 5) is 4.86. The van der Waals surface area contributed by atoms with Gasteiger partial charge in [-0.2, -0.15) is 0 Å².